The Labute approximate surface area is 162 Å². The summed E-state index contributed by atoms with van der Waals surface area (Å²) in [6.45, 7) is 0.0281. The van der Waals surface area contributed by atoms with Gasteiger partial charge in [-0.25, -0.2) is 4.98 Å². The molecule has 10 heteroatoms. The second kappa shape index (κ2) is 7.82. The van der Waals surface area contributed by atoms with Crippen molar-refractivity contribution in [2.24, 2.45) is 0 Å². The van der Waals surface area contributed by atoms with Gasteiger partial charge in [0.25, 0.3) is 5.91 Å². The highest BCUT2D eigenvalue weighted by Gasteiger charge is 2.38. The molecule has 3 rings (SSSR count). The molecule has 1 aromatic heterocycles. The van der Waals surface area contributed by atoms with Gasteiger partial charge in [-0.3, -0.25) is 4.79 Å². The normalized spacial score (nSPS) is 14.6. The Morgan fingerprint density at radius 1 is 1.26 bits per heavy atom. The summed E-state index contributed by atoms with van der Waals surface area (Å²) in [5.41, 5.74) is -0.949. The Hall–Kier alpha value is -2.19. The highest BCUT2D eigenvalue weighted by atomic mass is 35.5. The lowest BCUT2D eigenvalue weighted by molar-refractivity contribution is -0.146. The fraction of sp³-hybridized carbons (Fsp3) is 0.294. The first-order valence-corrected chi connectivity index (χ1v) is 8.54. The van der Waals surface area contributed by atoms with Gasteiger partial charge in [-0.05, 0) is 30.3 Å². The smallest absolute Gasteiger partial charge is 0.421 e. The molecule has 1 aliphatic rings. The highest BCUT2D eigenvalue weighted by molar-refractivity contribution is 6.35. The molecule has 1 aromatic carbocycles. The van der Waals surface area contributed by atoms with E-state index in [1.54, 1.807) is 12.1 Å². The van der Waals surface area contributed by atoms with Crippen molar-refractivity contribution < 1.29 is 27.4 Å². The first-order chi connectivity index (χ1) is 12.7. The maximum absolute atomic E-state index is 12.9. The number of halogens is 5. The van der Waals surface area contributed by atoms with Crippen LogP contribution in [0.4, 0.5) is 13.2 Å². The number of nitrogens with zero attached hydrogens (tertiary/aromatic N) is 2. The van der Waals surface area contributed by atoms with Crippen molar-refractivity contribution >= 4 is 29.1 Å². The van der Waals surface area contributed by atoms with Crippen molar-refractivity contribution in [2.75, 3.05) is 19.7 Å². The molecule has 144 valence electrons. The zero-order valence-corrected chi connectivity index (χ0v) is 15.2. The summed E-state index contributed by atoms with van der Waals surface area (Å²) >= 11 is 11.7. The summed E-state index contributed by atoms with van der Waals surface area (Å²) in [4.78, 5) is 17.1. The zero-order valence-electron chi connectivity index (χ0n) is 13.7. The van der Waals surface area contributed by atoms with E-state index in [-0.39, 0.29) is 30.6 Å². The van der Waals surface area contributed by atoms with E-state index in [0.717, 1.165) is 6.07 Å². The monoisotopic (exact) mass is 420 g/mol. The van der Waals surface area contributed by atoms with Gasteiger partial charge in [0.2, 0.25) is 5.88 Å². The van der Waals surface area contributed by atoms with Crippen LogP contribution in [-0.4, -0.2) is 41.6 Å². The van der Waals surface area contributed by atoms with Crippen molar-refractivity contribution in [1.82, 2.24) is 9.88 Å². The predicted octanol–water partition coefficient (Wildman–Crippen LogP) is 4.08. The molecule has 5 nitrogen and oxygen atoms in total. The SMILES string of the molecule is O=C(COc1ccc(Cl)cc1Cl)N1CC(Oc2ncccc2C(F)(F)F)C1. The van der Waals surface area contributed by atoms with Gasteiger partial charge in [0.05, 0.1) is 18.1 Å². The zero-order chi connectivity index (χ0) is 19.6. The van der Waals surface area contributed by atoms with Crippen LogP contribution >= 0.6 is 23.2 Å². The number of amides is 1. The van der Waals surface area contributed by atoms with Gasteiger partial charge in [-0.1, -0.05) is 23.2 Å². The Balaban J connectivity index is 1.50. The molecule has 0 spiro atoms. The van der Waals surface area contributed by atoms with Gasteiger partial charge in [-0.15, -0.1) is 0 Å². The third-order valence-electron chi connectivity index (χ3n) is 3.80. The Bertz CT molecular complexity index is 842. The van der Waals surface area contributed by atoms with Crippen molar-refractivity contribution in [3.05, 3.63) is 52.1 Å². The second-order valence-electron chi connectivity index (χ2n) is 5.76. The summed E-state index contributed by atoms with van der Waals surface area (Å²) in [6.07, 6.45) is -3.91. The fourth-order valence-corrected chi connectivity index (χ4v) is 2.86. The summed E-state index contributed by atoms with van der Waals surface area (Å²) in [6, 6.07) is 6.69. The van der Waals surface area contributed by atoms with Gasteiger partial charge in [0.1, 0.15) is 17.4 Å². The van der Waals surface area contributed by atoms with Gasteiger partial charge in [0, 0.05) is 11.2 Å². The van der Waals surface area contributed by atoms with Crippen LogP contribution in [0.25, 0.3) is 0 Å². The standard InChI is InChI=1S/C17H13Cl2F3N2O3/c18-10-3-4-14(13(19)6-10)26-9-15(25)24-7-11(8-24)27-16-12(17(20,21)22)2-1-5-23-16/h1-6,11H,7-9H2. The summed E-state index contributed by atoms with van der Waals surface area (Å²) in [5, 5.41) is 0.712. The summed E-state index contributed by atoms with van der Waals surface area (Å²) in [7, 11) is 0. The number of hydrogen-bond donors (Lipinski definition) is 0. The van der Waals surface area contributed by atoms with Crippen LogP contribution in [0.3, 0.4) is 0 Å². The highest BCUT2D eigenvalue weighted by Crippen LogP contribution is 2.35. The Morgan fingerprint density at radius 2 is 2.00 bits per heavy atom. The van der Waals surface area contributed by atoms with Gasteiger partial charge in [0.15, 0.2) is 6.61 Å². The van der Waals surface area contributed by atoms with Crippen molar-refractivity contribution in [2.45, 2.75) is 12.3 Å². The van der Waals surface area contributed by atoms with Crippen molar-refractivity contribution in [3.63, 3.8) is 0 Å². The Morgan fingerprint density at radius 3 is 2.67 bits per heavy atom. The maximum Gasteiger partial charge on any atom is 0.421 e. The first kappa shape index (κ1) is 19.6. The lowest BCUT2D eigenvalue weighted by Gasteiger charge is -2.38. The number of benzene rings is 1. The Kier molecular flexibility index (Phi) is 5.67. The van der Waals surface area contributed by atoms with Crippen LogP contribution in [0.15, 0.2) is 36.5 Å². The number of carbonyl (C=O) groups is 1. The molecular formula is C17H13Cl2F3N2O3. The number of hydrogen-bond acceptors (Lipinski definition) is 4. The summed E-state index contributed by atoms with van der Waals surface area (Å²) in [5.74, 6) is -0.518. The number of rotatable bonds is 5. The van der Waals surface area contributed by atoms with E-state index in [2.05, 4.69) is 4.98 Å². The maximum atomic E-state index is 12.9. The van der Waals surface area contributed by atoms with Gasteiger partial charge < -0.3 is 14.4 Å². The lowest BCUT2D eigenvalue weighted by Crippen LogP contribution is -2.57. The molecule has 1 aliphatic heterocycles. The predicted molar refractivity (Wildman–Crippen MR) is 92.2 cm³/mol. The molecule has 0 radical (unpaired) electrons. The molecule has 27 heavy (non-hydrogen) atoms. The van der Waals surface area contributed by atoms with E-state index in [9.17, 15) is 18.0 Å². The molecule has 1 saturated heterocycles. The molecule has 1 fully saturated rings. The van der Waals surface area contributed by atoms with E-state index in [4.69, 9.17) is 32.7 Å². The van der Waals surface area contributed by atoms with E-state index in [1.807, 2.05) is 0 Å². The molecule has 0 unspecified atom stereocenters. The van der Waals surface area contributed by atoms with Crippen molar-refractivity contribution in [1.29, 1.82) is 0 Å². The molecular weight excluding hydrogens is 408 g/mol. The first-order valence-electron chi connectivity index (χ1n) is 7.78. The van der Waals surface area contributed by atoms with Crippen LogP contribution in [0, 0.1) is 0 Å². The topological polar surface area (TPSA) is 51.7 Å². The average molecular weight is 421 g/mol. The third kappa shape index (κ3) is 4.75. The van der Waals surface area contributed by atoms with Crippen LogP contribution in [-0.2, 0) is 11.0 Å². The number of carbonyl (C=O) groups excluding carboxylic acids is 1. The quantitative estimate of drug-likeness (QED) is 0.731. The number of ether oxygens (including phenoxy) is 2. The van der Waals surface area contributed by atoms with E-state index in [1.165, 1.54) is 23.2 Å². The summed E-state index contributed by atoms with van der Waals surface area (Å²) < 4.78 is 49.4. The number of pyridine rings is 1. The molecule has 0 saturated carbocycles. The van der Waals surface area contributed by atoms with E-state index >= 15 is 0 Å². The number of likely N-dealkylation sites (tertiary alicyclic amines) is 1. The van der Waals surface area contributed by atoms with Crippen LogP contribution in [0.1, 0.15) is 5.56 Å². The lowest BCUT2D eigenvalue weighted by atomic mass is 10.1. The van der Waals surface area contributed by atoms with Crippen LogP contribution < -0.4 is 9.47 Å². The number of alkyl halides is 3. The minimum absolute atomic E-state index is 0.143. The molecule has 0 aliphatic carbocycles. The second-order valence-corrected chi connectivity index (χ2v) is 6.60. The van der Waals surface area contributed by atoms with Gasteiger partial charge in [-0.2, -0.15) is 13.2 Å². The molecule has 0 bridgehead atoms. The fourth-order valence-electron chi connectivity index (χ4n) is 2.40. The molecule has 2 heterocycles. The molecule has 2 aromatic rings. The van der Waals surface area contributed by atoms with Gasteiger partial charge >= 0.3 is 6.18 Å². The molecule has 1 amide bonds. The van der Waals surface area contributed by atoms with Crippen molar-refractivity contribution in [3.8, 4) is 11.6 Å². The van der Waals surface area contributed by atoms with Crippen LogP contribution in [0.2, 0.25) is 10.0 Å². The molecule has 0 atom stereocenters. The minimum atomic E-state index is -4.56. The van der Waals surface area contributed by atoms with E-state index in [0.29, 0.717) is 10.8 Å². The van der Waals surface area contributed by atoms with E-state index < -0.39 is 23.7 Å². The third-order valence-corrected chi connectivity index (χ3v) is 4.33. The average Bonchev–Trinajstić information content (AvgIpc) is 2.56. The minimum Gasteiger partial charge on any atom is -0.482 e. The van der Waals surface area contributed by atoms with Crippen LogP contribution in [0.5, 0.6) is 11.6 Å². The number of aromatic nitrogens is 1. The largest absolute Gasteiger partial charge is 0.482 e. The molecule has 0 N–H and O–H groups in total.